The van der Waals surface area contributed by atoms with Crippen molar-refractivity contribution >= 4 is 27.5 Å². The van der Waals surface area contributed by atoms with Crippen molar-refractivity contribution in [2.45, 2.75) is 101 Å². The Morgan fingerprint density at radius 2 is 1.86 bits per heavy atom. The topological polar surface area (TPSA) is 130 Å². The van der Waals surface area contributed by atoms with Crippen LogP contribution in [0, 0.1) is 18.6 Å². The molecule has 12 nitrogen and oxygen atoms in total. The molecule has 0 unspecified atom stereocenters. The summed E-state index contributed by atoms with van der Waals surface area (Å²) >= 11 is 0. The number of aromatic hydroxyl groups is 1. The molecule has 306 valence electrons. The number of piperazine rings is 1. The number of halogens is 6. The summed E-state index contributed by atoms with van der Waals surface area (Å²) in [5.41, 5.74) is -1.23. The van der Waals surface area contributed by atoms with E-state index in [0.29, 0.717) is 67.2 Å². The minimum absolute atomic E-state index is 0.00196. The fourth-order valence-corrected chi connectivity index (χ4v) is 10.4. The first-order valence-electron chi connectivity index (χ1n) is 19.5. The highest BCUT2D eigenvalue weighted by atomic mass is 19.4. The van der Waals surface area contributed by atoms with Crippen LogP contribution in [-0.2, 0) is 13.0 Å². The number of nitrogens with zero attached hydrogens (tertiary/aromatic N) is 6. The maximum atomic E-state index is 17.5. The number of alkyl halides is 4. The number of pyridine rings is 1. The summed E-state index contributed by atoms with van der Waals surface area (Å²) in [6.07, 6.45) is -1.29. The highest BCUT2D eigenvalue weighted by molar-refractivity contribution is 6.04. The van der Waals surface area contributed by atoms with Gasteiger partial charge in [0.05, 0.1) is 23.2 Å². The predicted octanol–water partition coefficient (Wildman–Crippen LogP) is 7.10. The molecule has 58 heavy (non-hydrogen) atoms. The molecule has 5 aromatic rings. The molecule has 2 bridgehead atoms. The molecule has 3 aromatic heterocycles. The molecule has 2 aromatic carbocycles. The number of fused-ring (bicyclic) bond motifs is 7. The third-order valence-electron chi connectivity index (χ3n) is 12.8. The lowest BCUT2D eigenvalue weighted by Gasteiger charge is -2.48. The smallest absolute Gasteiger partial charge is 0.508 e. The van der Waals surface area contributed by atoms with Gasteiger partial charge in [0.2, 0.25) is 0 Å². The Balaban J connectivity index is 1.14. The SMILES string of the molecule is Cc1oc(=O)oc1CN1[C@@H]2CC[C@H]1[C@H]1CCCc3nc(-c4cc(O)cc5ccc(F)c(OC(F)(F)F)c45)c(F)c4nc(OC[C@@]56CCCN5C[C@H](F)C6)nc(c34)N1C2. The summed E-state index contributed by atoms with van der Waals surface area (Å²) in [6.45, 7) is 3.58. The zero-order chi connectivity index (χ0) is 40.2. The van der Waals surface area contributed by atoms with Gasteiger partial charge in [-0.1, -0.05) is 6.07 Å². The Bertz CT molecular complexity index is 2530. The number of phenols is 1. The van der Waals surface area contributed by atoms with Gasteiger partial charge in [-0.15, -0.1) is 13.2 Å². The van der Waals surface area contributed by atoms with Crippen molar-refractivity contribution in [3.8, 4) is 28.8 Å². The van der Waals surface area contributed by atoms with Gasteiger partial charge in [-0.25, -0.2) is 22.9 Å². The normalized spacial score (nSPS) is 25.9. The maximum Gasteiger partial charge on any atom is 0.573 e. The lowest BCUT2D eigenvalue weighted by molar-refractivity contribution is -0.275. The number of hydrogen-bond donors (Lipinski definition) is 1. The van der Waals surface area contributed by atoms with Crippen LogP contribution in [0.2, 0.25) is 0 Å². The van der Waals surface area contributed by atoms with Crippen molar-refractivity contribution < 1.29 is 49.8 Å². The quantitative estimate of drug-likeness (QED) is 0.168. The standard InChI is InChI=1S/C40H38F6N6O6/c1-19-29(57-38(54)56-19)17-51-22-7-9-28(51)27-5-2-4-26-31-34(48-37(49-36(31)52(27)16-22)55-18-39-10-3-11-50(39)15-21(41)14-39)32(43)33(47-26)24-13-23(53)12-20-6-8-25(42)35(30(20)24)58-40(44,45)46/h6,8,12-13,21-22,27-28,53H,2-5,7,9-11,14-18H2,1H3/t21-,22-,27-,28+,39+/m1/s1. The Kier molecular flexibility index (Phi) is 8.64. The van der Waals surface area contributed by atoms with Crippen LogP contribution in [0.15, 0.2) is 37.9 Å². The van der Waals surface area contributed by atoms with Crippen molar-refractivity contribution in [2.24, 2.45) is 0 Å². The number of phenolic OH excluding ortho intramolecular Hbond substituents is 1. The van der Waals surface area contributed by atoms with E-state index in [4.69, 9.17) is 23.5 Å². The summed E-state index contributed by atoms with van der Waals surface area (Å²) < 4.78 is 109. The van der Waals surface area contributed by atoms with E-state index in [2.05, 4.69) is 24.4 Å². The Hall–Kier alpha value is -5.10. The van der Waals surface area contributed by atoms with Crippen LogP contribution in [0.25, 0.3) is 32.9 Å². The molecule has 10 rings (SSSR count). The zero-order valence-corrected chi connectivity index (χ0v) is 31.3. The van der Waals surface area contributed by atoms with Crippen molar-refractivity contribution in [3.63, 3.8) is 0 Å². The molecule has 4 saturated heterocycles. The van der Waals surface area contributed by atoms with Gasteiger partial charge in [-0.3, -0.25) is 9.80 Å². The molecular formula is C40H38F6N6O6. The van der Waals surface area contributed by atoms with E-state index in [1.165, 1.54) is 0 Å². The number of aromatic nitrogens is 3. The van der Waals surface area contributed by atoms with Crippen LogP contribution in [0.1, 0.15) is 62.2 Å². The van der Waals surface area contributed by atoms with Crippen LogP contribution >= 0.6 is 0 Å². The Morgan fingerprint density at radius 3 is 2.66 bits per heavy atom. The van der Waals surface area contributed by atoms with Crippen molar-refractivity contribution in [1.29, 1.82) is 0 Å². The van der Waals surface area contributed by atoms with Crippen LogP contribution < -0.4 is 20.2 Å². The number of anilines is 1. The monoisotopic (exact) mass is 812 g/mol. The van der Waals surface area contributed by atoms with Gasteiger partial charge in [0.1, 0.15) is 41.3 Å². The van der Waals surface area contributed by atoms with E-state index >= 15 is 8.78 Å². The van der Waals surface area contributed by atoms with Gasteiger partial charge in [-0.05, 0) is 82.0 Å². The predicted molar refractivity (Wildman–Crippen MR) is 195 cm³/mol. The van der Waals surface area contributed by atoms with E-state index in [-0.39, 0.29) is 60.2 Å². The molecule has 0 radical (unpaired) electrons. The van der Waals surface area contributed by atoms with Crippen LogP contribution in [0.5, 0.6) is 17.5 Å². The highest BCUT2D eigenvalue weighted by Crippen LogP contribution is 2.47. The summed E-state index contributed by atoms with van der Waals surface area (Å²) in [5.74, 6) is -3.53. The number of benzene rings is 2. The highest BCUT2D eigenvalue weighted by Gasteiger charge is 2.50. The van der Waals surface area contributed by atoms with E-state index in [1.54, 1.807) is 6.92 Å². The first-order chi connectivity index (χ1) is 27.7. The number of aryl methyl sites for hydroxylation is 2. The minimum atomic E-state index is -5.29. The molecule has 0 aliphatic carbocycles. The van der Waals surface area contributed by atoms with E-state index < -0.39 is 58.1 Å². The molecule has 0 saturated carbocycles. The molecule has 0 amide bonds. The maximum absolute atomic E-state index is 17.5. The average molecular weight is 813 g/mol. The lowest BCUT2D eigenvalue weighted by Crippen LogP contribution is -2.60. The molecule has 0 spiro atoms. The molecule has 5 aliphatic heterocycles. The van der Waals surface area contributed by atoms with Gasteiger partial charge < -0.3 is 28.3 Å². The average Bonchev–Trinajstić information content (AvgIpc) is 3.87. The lowest BCUT2D eigenvalue weighted by atomic mass is 9.92. The first-order valence-corrected chi connectivity index (χ1v) is 19.5. The van der Waals surface area contributed by atoms with Gasteiger partial charge in [0, 0.05) is 48.6 Å². The molecule has 8 heterocycles. The summed E-state index contributed by atoms with van der Waals surface area (Å²) in [4.78, 5) is 32.7. The molecule has 4 fully saturated rings. The summed E-state index contributed by atoms with van der Waals surface area (Å²) in [6, 6.07) is 3.78. The zero-order valence-electron chi connectivity index (χ0n) is 31.3. The fourth-order valence-electron chi connectivity index (χ4n) is 10.4. The largest absolute Gasteiger partial charge is 0.573 e. The summed E-state index contributed by atoms with van der Waals surface area (Å²) in [5, 5.41) is 10.6. The van der Waals surface area contributed by atoms with Crippen LogP contribution in [0.4, 0.5) is 32.2 Å². The van der Waals surface area contributed by atoms with Crippen molar-refractivity contribution in [1.82, 2.24) is 24.8 Å². The number of ether oxygens (including phenoxy) is 2. The Labute approximate surface area is 326 Å². The van der Waals surface area contributed by atoms with Crippen molar-refractivity contribution in [3.05, 3.63) is 63.7 Å². The van der Waals surface area contributed by atoms with Gasteiger partial charge in [-0.2, -0.15) is 9.97 Å². The van der Waals surface area contributed by atoms with Gasteiger partial charge in [0.15, 0.2) is 23.1 Å². The van der Waals surface area contributed by atoms with Crippen LogP contribution in [-0.4, -0.2) is 92.3 Å². The third kappa shape index (κ3) is 6.12. The molecular weight excluding hydrogens is 774 g/mol. The van der Waals surface area contributed by atoms with Gasteiger partial charge in [0.25, 0.3) is 0 Å². The first kappa shape index (κ1) is 37.2. The molecule has 1 N–H and O–H groups in total. The number of rotatable bonds is 7. The van der Waals surface area contributed by atoms with Crippen LogP contribution in [0.3, 0.4) is 0 Å². The Morgan fingerprint density at radius 1 is 1.02 bits per heavy atom. The van der Waals surface area contributed by atoms with E-state index in [0.717, 1.165) is 50.1 Å². The molecule has 18 heteroatoms. The minimum Gasteiger partial charge on any atom is -0.508 e. The third-order valence-corrected chi connectivity index (χ3v) is 12.8. The molecule has 5 aliphatic rings. The fraction of sp³-hybridized carbons (Fsp3) is 0.500. The van der Waals surface area contributed by atoms with E-state index in [1.807, 2.05) is 0 Å². The summed E-state index contributed by atoms with van der Waals surface area (Å²) in [7, 11) is 0. The second-order valence-electron chi connectivity index (χ2n) is 16.2. The number of hydrogen-bond acceptors (Lipinski definition) is 12. The molecule has 5 atom stereocenters. The second kappa shape index (κ2) is 13.5. The van der Waals surface area contributed by atoms with E-state index in [9.17, 15) is 27.5 Å². The second-order valence-corrected chi connectivity index (χ2v) is 16.2. The van der Waals surface area contributed by atoms with Gasteiger partial charge >= 0.3 is 18.2 Å². The van der Waals surface area contributed by atoms with Crippen molar-refractivity contribution in [2.75, 3.05) is 31.1 Å².